The molecule has 0 radical (unpaired) electrons. The van der Waals surface area contributed by atoms with Gasteiger partial charge in [0.25, 0.3) is 0 Å². The van der Waals surface area contributed by atoms with Crippen LogP contribution in [-0.4, -0.2) is 31.9 Å². The molecule has 1 aliphatic rings. The molecule has 1 unspecified atom stereocenters. The first-order valence-corrected chi connectivity index (χ1v) is 8.13. The molecule has 0 amide bonds. The van der Waals surface area contributed by atoms with E-state index in [0.717, 1.165) is 50.9 Å². The molecule has 1 saturated heterocycles. The predicted octanol–water partition coefficient (Wildman–Crippen LogP) is 2.56. The van der Waals surface area contributed by atoms with Crippen molar-refractivity contribution in [2.75, 3.05) is 26.8 Å². The van der Waals surface area contributed by atoms with Gasteiger partial charge in [0.1, 0.15) is 0 Å². The zero-order valence-electron chi connectivity index (χ0n) is 13.3. The number of hydrogen-bond donors (Lipinski definition) is 2. The molecular weight excluding hydrogens is 276 g/mol. The molecular formula is C18H26N2O2. The predicted molar refractivity (Wildman–Crippen MR) is 86.4 cm³/mol. The summed E-state index contributed by atoms with van der Waals surface area (Å²) in [6.07, 6.45) is 4.67. The van der Waals surface area contributed by atoms with E-state index in [2.05, 4.69) is 11.4 Å². The topological polar surface area (TPSA) is 65.3 Å². The van der Waals surface area contributed by atoms with Gasteiger partial charge in [-0.3, -0.25) is 0 Å². The third-order valence-electron chi connectivity index (χ3n) is 4.62. The highest BCUT2D eigenvalue weighted by Crippen LogP contribution is 2.38. The molecule has 0 bridgehead atoms. The van der Waals surface area contributed by atoms with Crippen LogP contribution in [-0.2, 0) is 10.3 Å². The second-order valence-electron chi connectivity index (χ2n) is 6.11. The van der Waals surface area contributed by atoms with Crippen LogP contribution >= 0.6 is 0 Å². The van der Waals surface area contributed by atoms with Gasteiger partial charge >= 0.3 is 0 Å². The van der Waals surface area contributed by atoms with Gasteiger partial charge in [-0.05, 0) is 56.3 Å². The molecule has 1 heterocycles. The number of aliphatic hydroxyl groups is 1. The van der Waals surface area contributed by atoms with Gasteiger partial charge in [0.15, 0.2) is 0 Å². The van der Waals surface area contributed by atoms with E-state index < -0.39 is 5.60 Å². The minimum atomic E-state index is -0.867. The number of benzene rings is 1. The maximum Gasteiger partial charge on any atom is 0.0991 e. The number of nitrogens with one attached hydrogen (secondary N) is 1. The Kier molecular flexibility index (Phi) is 6.38. The fourth-order valence-corrected chi connectivity index (χ4v) is 3.34. The fraction of sp³-hybridized carbons (Fsp3) is 0.611. The Balaban J connectivity index is 2.20. The summed E-state index contributed by atoms with van der Waals surface area (Å²) in [6.45, 7) is 2.57. The molecule has 0 spiro atoms. The number of piperidine rings is 1. The maximum absolute atomic E-state index is 11.4. The quantitative estimate of drug-likeness (QED) is 0.760. The van der Waals surface area contributed by atoms with Crippen molar-refractivity contribution in [1.82, 2.24) is 5.32 Å². The van der Waals surface area contributed by atoms with E-state index in [9.17, 15) is 5.11 Å². The van der Waals surface area contributed by atoms with Crippen molar-refractivity contribution in [3.63, 3.8) is 0 Å². The van der Waals surface area contributed by atoms with E-state index in [-0.39, 0.29) is 5.92 Å². The van der Waals surface area contributed by atoms with E-state index in [4.69, 9.17) is 10.00 Å². The summed E-state index contributed by atoms with van der Waals surface area (Å²) in [6, 6.07) is 9.61. The molecule has 4 nitrogen and oxygen atoms in total. The number of nitriles is 1. The van der Waals surface area contributed by atoms with Crippen LogP contribution in [0.2, 0.25) is 0 Å². The fourth-order valence-electron chi connectivity index (χ4n) is 3.34. The third kappa shape index (κ3) is 4.07. The van der Waals surface area contributed by atoms with Crippen molar-refractivity contribution in [3.8, 4) is 6.07 Å². The molecule has 2 N–H and O–H groups in total. The Morgan fingerprint density at radius 3 is 3.00 bits per heavy atom. The molecule has 0 aliphatic carbocycles. The lowest BCUT2D eigenvalue weighted by molar-refractivity contribution is -0.0434. The SMILES string of the molecule is COCCCC[C@@](O)(c1cccc(C#N)c1)C1CCCNC1. The Morgan fingerprint density at radius 1 is 1.45 bits per heavy atom. The minimum Gasteiger partial charge on any atom is -0.385 e. The van der Waals surface area contributed by atoms with Gasteiger partial charge in [0, 0.05) is 26.2 Å². The van der Waals surface area contributed by atoms with Crippen LogP contribution in [0.5, 0.6) is 0 Å². The summed E-state index contributed by atoms with van der Waals surface area (Å²) in [5.74, 6) is 0.192. The zero-order chi connectivity index (χ0) is 15.8. The molecule has 2 rings (SSSR count). The van der Waals surface area contributed by atoms with E-state index in [1.807, 2.05) is 18.2 Å². The molecule has 1 fully saturated rings. The first-order chi connectivity index (χ1) is 10.7. The monoisotopic (exact) mass is 302 g/mol. The molecule has 0 aromatic heterocycles. The van der Waals surface area contributed by atoms with Crippen LogP contribution in [0.25, 0.3) is 0 Å². The Hall–Kier alpha value is -1.41. The molecule has 120 valence electrons. The first-order valence-electron chi connectivity index (χ1n) is 8.13. The highest BCUT2D eigenvalue weighted by atomic mass is 16.5. The molecule has 4 heteroatoms. The second kappa shape index (κ2) is 8.28. The number of hydrogen-bond acceptors (Lipinski definition) is 4. The van der Waals surface area contributed by atoms with E-state index in [1.165, 1.54) is 0 Å². The van der Waals surface area contributed by atoms with Gasteiger partial charge in [-0.2, -0.15) is 5.26 Å². The van der Waals surface area contributed by atoms with Crippen LogP contribution in [0.4, 0.5) is 0 Å². The van der Waals surface area contributed by atoms with Crippen LogP contribution in [0.3, 0.4) is 0 Å². The number of nitrogens with zero attached hydrogens (tertiary/aromatic N) is 1. The summed E-state index contributed by atoms with van der Waals surface area (Å²) >= 11 is 0. The molecule has 0 saturated carbocycles. The number of methoxy groups -OCH3 is 1. The van der Waals surface area contributed by atoms with Crippen molar-refractivity contribution < 1.29 is 9.84 Å². The lowest BCUT2D eigenvalue weighted by Gasteiger charge is -2.39. The van der Waals surface area contributed by atoms with Gasteiger partial charge in [-0.15, -0.1) is 0 Å². The van der Waals surface area contributed by atoms with Crippen LogP contribution < -0.4 is 5.32 Å². The first kappa shape index (κ1) is 17.0. The van der Waals surface area contributed by atoms with Crippen molar-refractivity contribution >= 4 is 0 Å². The van der Waals surface area contributed by atoms with E-state index in [1.54, 1.807) is 13.2 Å². The number of rotatable bonds is 7. The van der Waals surface area contributed by atoms with Crippen LogP contribution in [0.15, 0.2) is 24.3 Å². The summed E-state index contributed by atoms with van der Waals surface area (Å²) in [5, 5.41) is 24.0. The van der Waals surface area contributed by atoms with Gasteiger partial charge in [-0.1, -0.05) is 12.1 Å². The second-order valence-corrected chi connectivity index (χ2v) is 6.11. The minimum absolute atomic E-state index is 0.192. The lowest BCUT2D eigenvalue weighted by Crippen LogP contribution is -2.44. The lowest BCUT2D eigenvalue weighted by atomic mass is 9.74. The van der Waals surface area contributed by atoms with Crippen molar-refractivity contribution in [1.29, 1.82) is 5.26 Å². The van der Waals surface area contributed by atoms with Gasteiger partial charge < -0.3 is 15.2 Å². The van der Waals surface area contributed by atoms with Crippen molar-refractivity contribution in [2.45, 2.75) is 37.7 Å². The van der Waals surface area contributed by atoms with Gasteiger partial charge in [0.2, 0.25) is 0 Å². The molecule has 1 aromatic carbocycles. The Labute approximate surface area is 133 Å². The summed E-state index contributed by atoms with van der Waals surface area (Å²) in [4.78, 5) is 0. The van der Waals surface area contributed by atoms with Crippen LogP contribution in [0, 0.1) is 17.2 Å². The highest BCUT2D eigenvalue weighted by Gasteiger charge is 2.38. The molecule has 2 atom stereocenters. The zero-order valence-corrected chi connectivity index (χ0v) is 13.3. The van der Waals surface area contributed by atoms with Crippen molar-refractivity contribution in [2.24, 2.45) is 5.92 Å². The molecule has 1 aliphatic heterocycles. The summed E-state index contributed by atoms with van der Waals surface area (Å²) < 4.78 is 5.11. The Bertz CT molecular complexity index is 506. The van der Waals surface area contributed by atoms with E-state index >= 15 is 0 Å². The van der Waals surface area contributed by atoms with Gasteiger partial charge in [-0.25, -0.2) is 0 Å². The average Bonchev–Trinajstić information content (AvgIpc) is 2.59. The average molecular weight is 302 g/mol. The highest BCUT2D eigenvalue weighted by molar-refractivity contribution is 5.36. The Morgan fingerprint density at radius 2 is 2.32 bits per heavy atom. The standard InChI is InChI=1S/C18H26N2O2/c1-22-11-3-2-9-18(21,17-8-5-10-20-14-17)16-7-4-6-15(12-16)13-19/h4,6-7,12,17,20-21H,2-3,5,8-11,14H2,1H3/t17?,18-/m1/s1. The molecule has 22 heavy (non-hydrogen) atoms. The summed E-state index contributed by atoms with van der Waals surface area (Å²) in [5.41, 5.74) is 0.614. The van der Waals surface area contributed by atoms with Crippen molar-refractivity contribution in [3.05, 3.63) is 35.4 Å². The number of ether oxygens (including phenoxy) is 1. The smallest absolute Gasteiger partial charge is 0.0991 e. The third-order valence-corrected chi connectivity index (χ3v) is 4.62. The van der Waals surface area contributed by atoms with E-state index in [0.29, 0.717) is 12.0 Å². The van der Waals surface area contributed by atoms with Crippen LogP contribution in [0.1, 0.15) is 43.2 Å². The maximum atomic E-state index is 11.4. The van der Waals surface area contributed by atoms with Gasteiger partial charge in [0.05, 0.1) is 17.2 Å². The molecule has 1 aromatic rings. The largest absolute Gasteiger partial charge is 0.385 e. The normalized spacial score (nSPS) is 21.0. The number of unbranched alkanes of at least 4 members (excludes halogenated alkanes) is 1. The summed E-state index contributed by atoms with van der Waals surface area (Å²) in [7, 11) is 1.70.